The highest BCUT2D eigenvalue weighted by molar-refractivity contribution is 5.76. The molecule has 1 amide bonds. The quantitative estimate of drug-likeness (QED) is 0.495. The number of rotatable bonds is 8. The van der Waals surface area contributed by atoms with Crippen LogP contribution < -0.4 is 0 Å². The predicted molar refractivity (Wildman–Crippen MR) is 85.5 cm³/mol. The van der Waals surface area contributed by atoms with Gasteiger partial charge in [-0.3, -0.25) is 4.79 Å². The van der Waals surface area contributed by atoms with Gasteiger partial charge in [-0.05, 0) is 25.8 Å². The molecule has 0 saturated heterocycles. The summed E-state index contributed by atoms with van der Waals surface area (Å²) in [4.78, 5) is 14.4. The number of nitrogens with zero attached hydrogens (tertiary/aromatic N) is 1. The van der Waals surface area contributed by atoms with Crippen molar-refractivity contribution in [2.75, 3.05) is 6.54 Å². The van der Waals surface area contributed by atoms with Gasteiger partial charge in [-0.1, -0.05) is 62.2 Å². The first-order chi connectivity index (χ1) is 9.70. The summed E-state index contributed by atoms with van der Waals surface area (Å²) in [6.07, 6.45) is 7.98. The van der Waals surface area contributed by atoms with Crippen molar-refractivity contribution in [3.8, 4) is 0 Å². The van der Waals surface area contributed by atoms with E-state index < -0.39 is 0 Å². The molecule has 1 rings (SSSR count). The van der Waals surface area contributed by atoms with Crippen LogP contribution in [0.25, 0.3) is 0 Å². The van der Waals surface area contributed by atoms with Crippen LogP contribution >= 0.6 is 0 Å². The van der Waals surface area contributed by atoms with Gasteiger partial charge in [0.15, 0.2) is 0 Å². The van der Waals surface area contributed by atoms with Gasteiger partial charge in [-0.15, -0.1) is 0 Å². The fourth-order valence-electron chi connectivity index (χ4n) is 2.28. The molecule has 1 atom stereocenters. The van der Waals surface area contributed by atoms with E-state index in [0.717, 1.165) is 19.3 Å². The summed E-state index contributed by atoms with van der Waals surface area (Å²) in [5.41, 5.74) is 1.20. The minimum atomic E-state index is 0.126. The molecule has 0 heterocycles. The number of benzene rings is 1. The Balaban J connectivity index is 2.74. The first-order valence-electron chi connectivity index (χ1n) is 7.66. The average molecular weight is 273 g/mol. The molecule has 20 heavy (non-hydrogen) atoms. The third-order valence-electron chi connectivity index (χ3n) is 3.60. The van der Waals surface area contributed by atoms with E-state index in [-0.39, 0.29) is 11.9 Å². The van der Waals surface area contributed by atoms with Gasteiger partial charge in [0.25, 0.3) is 0 Å². The molecule has 0 bridgehead atoms. The van der Waals surface area contributed by atoms with Gasteiger partial charge in [0, 0.05) is 13.0 Å². The lowest BCUT2D eigenvalue weighted by Crippen LogP contribution is -2.33. The fourth-order valence-corrected chi connectivity index (χ4v) is 2.28. The molecule has 0 unspecified atom stereocenters. The van der Waals surface area contributed by atoms with E-state index in [2.05, 4.69) is 32.1 Å². The van der Waals surface area contributed by atoms with E-state index in [0.29, 0.717) is 13.0 Å². The van der Waals surface area contributed by atoms with Crippen molar-refractivity contribution in [2.24, 2.45) is 0 Å². The molecule has 0 spiro atoms. The van der Waals surface area contributed by atoms with E-state index in [9.17, 15) is 4.79 Å². The Morgan fingerprint density at radius 3 is 2.55 bits per heavy atom. The first kappa shape index (κ1) is 16.5. The molecule has 0 aliphatic rings. The smallest absolute Gasteiger partial charge is 0.223 e. The zero-order valence-electron chi connectivity index (χ0n) is 13.0. The molecule has 0 radical (unpaired) electrons. The van der Waals surface area contributed by atoms with E-state index in [1.54, 1.807) is 0 Å². The number of hydrogen-bond acceptors (Lipinski definition) is 1. The molecule has 110 valence electrons. The molecule has 0 N–H and O–H groups in total. The van der Waals surface area contributed by atoms with E-state index >= 15 is 0 Å². The van der Waals surface area contributed by atoms with Crippen LogP contribution in [0.15, 0.2) is 42.5 Å². The lowest BCUT2D eigenvalue weighted by Gasteiger charge is -2.29. The Hall–Kier alpha value is -1.57. The van der Waals surface area contributed by atoms with Crippen molar-refractivity contribution in [1.29, 1.82) is 0 Å². The second kappa shape index (κ2) is 9.35. The van der Waals surface area contributed by atoms with Gasteiger partial charge in [-0.25, -0.2) is 0 Å². The van der Waals surface area contributed by atoms with Crippen LogP contribution in [0.4, 0.5) is 0 Å². The second-order valence-corrected chi connectivity index (χ2v) is 5.16. The maximum atomic E-state index is 12.4. The molecular formula is C18H27NO. The molecule has 2 heteroatoms. The molecule has 0 aliphatic heterocycles. The van der Waals surface area contributed by atoms with Crippen molar-refractivity contribution in [3.63, 3.8) is 0 Å². The van der Waals surface area contributed by atoms with Crippen molar-refractivity contribution >= 4 is 5.91 Å². The summed E-state index contributed by atoms with van der Waals surface area (Å²) in [5, 5.41) is 0. The van der Waals surface area contributed by atoms with Crippen molar-refractivity contribution in [3.05, 3.63) is 48.0 Å². The zero-order chi connectivity index (χ0) is 14.8. The third kappa shape index (κ3) is 5.20. The maximum absolute atomic E-state index is 12.4. The minimum absolute atomic E-state index is 0.126. The summed E-state index contributed by atoms with van der Waals surface area (Å²) in [5.74, 6) is 0.257. The van der Waals surface area contributed by atoms with E-state index in [1.165, 1.54) is 5.56 Å². The molecule has 0 fully saturated rings. The third-order valence-corrected chi connectivity index (χ3v) is 3.60. The molecule has 1 aromatic carbocycles. The van der Waals surface area contributed by atoms with Crippen LogP contribution in [0.1, 0.15) is 58.1 Å². The highest BCUT2D eigenvalue weighted by atomic mass is 16.2. The SMILES string of the molecule is C/C=C/CN(C(=O)CCCCC)[C@H](C)c1ccccc1. The molecule has 0 aromatic heterocycles. The predicted octanol–water partition coefficient (Wildman–Crippen LogP) is 4.73. The average Bonchev–Trinajstić information content (AvgIpc) is 2.48. The van der Waals surface area contributed by atoms with Gasteiger partial charge in [0.1, 0.15) is 0 Å². The summed E-state index contributed by atoms with van der Waals surface area (Å²) in [7, 11) is 0. The van der Waals surface area contributed by atoms with Crippen LogP contribution in [-0.2, 0) is 4.79 Å². The number of carbonyl (C=O) groups excluding carboxylic acids is 1. The summed E-state index contributed by atoms with van der Waals surface area (Å²) in [6, 6.07) is 10.4. The number of carbonyl (C=O) groups is 1. The standard InChI is InChI=1S/C18H27NO/c1-4-6-9-14-18(20)19(15-7-5-2)16(3)17-12-10-8-11-13-17/h5,7-8,10-13,16H,4,6,9,14-15H2,1-3H3/b7-5+/t16-/m1/s1. The number of hydrogen-bond donors (Lipinski definition) is 0. The number of allylic oxidation sites excluding steroid dienone is 1. The normalized spacial score (nSPS) is 12.6. The lowest BCUT2D eigenvalue weighted by atomic mass is 10.1. The molecule has 1 aromatic rings. The second-order valence-electron chi connectivity index (χ2n) is 5.16. The summed E-state index contributed by atoms with van der Waals surface area (Å²) < 4.78 is 0. The van der Waals surface area contributed by atoms with Gasteiger partial charge in [0.2, 0.25) is 5.91 Å². The van der Waals surface area contributed by atoms with Crippen LogP contribution in [0, 0.1) is 0 Å². The Morgan fingerprint density at radius 1 is 1.25 bits per heavy atom. The minimum Gasteiger partial charge on any atom is -0.332 e. The molecule has 2 nitrogen and oxygen atoms in total. The molecule has 0 aliphatic carbocycles. The Labute approximate surface area is 123 Å². The van der Waals surface area contributed by atoms with Crippen LogP contribution in [0.3, 0.4) is 0 Å². The van der Waals surface area contributed by atoms with Gasteiger partial charge < -0.3 is 4.90 Å². The van der Waals surface area contributed by atoms with Crippen molar-refractivity contribution in [2.45, 2.75) is 52.5 Å². The highest BCUT2D eigenvalue weighted by Crippen LogP contribution is 2.21. The lowest BCUT2D eigenvalue weighted by molar-refractivity contribution is -0.132. The largest absolute Gasteiger partial charge is 0.332 e. The topological polar surface area (TPSA) is 20.3 Å². The monoisotopic (exact) mass is 273 g/mol. The van der Waals surface area contributed by atoms with Crippen LogP contribution in [0.2, 0.25) is 0 Å². The van der Waals surface area contributed by atoms with Crippen LogP contribution in [-0.4, -0.2) is 17.4 Å². The van der Waals surface area contributed by atoms with Crippen molar-refractivity contribution < 1.29 is 4.79 Å². The number of unbranched alkanes of at least 4 members (excludes halogenated alkanes) is 2. The molecule has 0 saturated carbocycles. The zero-order valence-corrected chi connectivity index (χ0v) is 13.0. The van der Waals surface area contributed by atoms with Gasteiger partial charge in [-0.2, -0.15) is 0 Å². The van der Waals surface area contributed by atoms with Gasteiger partial charge >= 0.3 is 0 Å². The molecular weight excluding hydrogens is 246 g/mol. The summed E-state index contributed by atoms with van der Waals surface area (Å²) >= 11 is 0. The Morgan fingerprint density at radius 2 is 1.95 bits per heavy atom. The highest BCUT2D eigenvalue weighted by Gasteiger charge is 2.19. The fraction of sp³-hybridized carbons (Fsp3) is 0.500. The van der Waals surface area contributed by atoms with E-state index in [4.69, 9.17) is 0 Å². The first-order valence-corrected chi connectivity index (χ1v) is 7.66. The van der Waals surface area contributed by atoms with E-state index in [1.807, 2.05) is 36.1 Å². The Kier molecular flexibility index (Phi) is 7.71. The van der Waals surface area contributed by atoms with Gasteiger partial charge in [0.05, 0.1) is 6.04 Å². The van der Waals surface area contributed by atoms with Crippen molar-refractivity contribution in [1.82, 2.24) is 4.90 Å². The maximum Gasteiger partial charge on any atom is 0.223 e. The van der Waals surface area contributed by atoms with Crippen LogP contribution in [0.5, 0.6) is 0 Å². The summed E-state index contributed by atoms with van der Waals surface area (Å²) in [6.45, 7) is 6.95. The Bertz CT molecular complexity index is 411. The number of amides is 1.